The fraction of sp³-hybridized carbons (Fsp3) is 0.385. The Morgan fingerprint density at radius 3 is 2.85 bits per heavy atom. The molecule has 0 heterocycles. The van der Waals surface area contributed by atoms with Gasteiger partial charge in [-0.15, -0.1) is 11.8 Å². The van der Waals surface area contributed by atoms with Crippen molar-refractivity contribution in [3.63, 3.8) is 0 Å². The molecular weight excluding hydrogens is 294 g/mol. The smallest absolute Gasteiger partial charge is 0.435 e. The van der Waals surface area contributed by atoms with Crippen LogP contribution < -0.4 is 16.0 Å². The first-order valence-electron chi connectivity index (χ1n) is 6.16. The summed E-state index contributed by atoms with van der Waals surface area (Å²) in [5.41, 5.74) is 7.35. The number of nitrogen functional groups attached to an aromatic ring is 1. The van der Waals surface area contributed by atoms with Gasteiger partial charge in [0, 0.05) is 11.0 Å². The minimum absolute atomic E-state index is 0.517. The van der Waals surface area contributed by atoms with Crippen molar-refractivity contribution in [2.24, 2.45) is 0 Å². The average molecular weight is 314 g/mol. The van der Waals surface area contributed by atoms with E-state index in [1.807, 2.05) is 24.5 Å². The van der Waals surface area contributed by atoms with Gasteiger partial charge in [-0.1, -0.05) is 6.92 Å². The monoisotopic (exact) mass is 314 g/mol. The maximum absolute atomic E-state index is 11.2. The number of benzene rings is 1. The van der Waals surface area contributed by atoms with Crippen LogP contribution in [0, 0.1) is 0 Å². The van der Waals surface area contributed by atoms with Crippen molar-refractivity contribution in [2.75, 3.05) is 24.9 Å². The van der Waals surface area contributed by atoms with Crippen LogP contribution in [-0.4, -0.2) is 30.4 Å². The third kappa shape index (κ3) is 5.34. The molecule has 0 spiro atoms. The number of amidine groups is 1. The summed E-state index contributed by atoms with van der Waals surface area (Å²) in [7, 11) is 1.32. The molecule has 0 aliphatic carbocycles. The first kappa shape index (κ1) is 16.7. The number of amides is 1. The second-order valence-electron chi connectivity index (χ2n) is 3.87. The number of alkyl carbamates (subject to hydrolysis) is 1. The van der Waals surface area contributed by atoms with Crippen LogP contribution in [0.3, 0.4) is 0 Å². The molecule has 0 atom stereocenters. The number of ether oxygens (including phenoxy) is 1. The number of carbonyl (C=O) groups is 1. The van der Waals surface area contributed by atoms with Gasteiger partial charge >= 0.3 is 11.3 Å². The van der Waals surface area contributed by atoms with Crippen LogP contribution >= 0.6 is 23.5 Å². The Kier molecular flexibility index (Phi) is 7.32. The predicted molar refractivity (Wildman–Crippen MR) is 86.6 cm³/mol. The van der Waals surface area contributed by atoms with E-state index in [1.54, 1.807) is 11.8 Å². The number of thioether (sulfide) groups is 2. The summed E-state index contributed by atoms with van der Waals surface area (Å²) >= 11 is 3.14. The Labute approximate surface area is 127 Å². The lowest BCUT2D eigenvalue weighted by Crippen LogP contribution is -2.70. The van der Waals surface area contributed by atoms with Crippen LogP contribution in [0.1, 0.15) is 13.3 Å². The molecule has 4 N–H and O–H groups in total. The van der Waals surface area contributed by atoms with Crippen LogP contribution in [0.5, 0.6) is 0 Å². The molecule has 20 heavy (non-hydrogen) atoms. The normalized spacial score (nSPS) is 11.2. The first-order valence-corrected chi connectivity index (χ1v) is 8.37. The molecule has 0 aromatic heterocycles. The molecule has 7 heteroatoms. The Balaban J connectivity index is 2.94. The minimum Gasteiger partial charge on any atom is -0.435 e. The van der Waals surface area contributed by atoms with E-state index in [-0.39, 0.29) is 0 Å². The van der Waals surface area contributed by atoms with E-state index in [1.165, 1.54) is 18.9 Å². The fourth-order valence-electron chi connectivity index (χ4n) is 1.35. The molecule has 0 fully saturated rings. The van der Waals surface area contributed by atoms with Gasteiger partial charge in [0.1, 0.15) is 5.69 Å². The Morgan fingerprint density at radius 2 is 2.25 bits per heavy atom. The van der Waals surface area contributed by atoms with Gasteiger partial charge in [-0.05, 0) is 42.3 Å². The second kappa shape index (κ2) is 8.76. The van der Waals surface area contributed by atoms with Crippen molar-refractivity contribution in [3.05, 3.63) is 18.2 Å². The zero-order valence-electron chi connectivity index (χ0n) is 11.9. The van der Waals surface area contributed by atoms with Gasteiger partial charge in [0.2, 0.25) is 0 Å². The third-order valence-corrected chi connectivity index (χ3v) is 4.16. The van der Waals surface area contributed by atoms with E-state index in [9.17, 15) is 4.79 Å². The molecule has 0 radical (unpaired) electrons. The van der Waals surface area contributed by atoms with Crippen LogP contribution in [0.4, 0.5) is 16.2 Å². The summed E-state index contributed by atoms with van der Waals surface area (Å²) in [5.74, 6) is 1.06. The fourth-order valence-corrected chi connectivity index (χ4v) is 2.56. The largest absolute Gasteiger partial charge is 0.505 e. The zero-order valence-corrected chi connectivity index (χ0v) is 13.5. The number of anilines is 1. The number of methoxy groups -OCH3 is 1. The summed E-state index contributed by atoms with van der Waals surface area (Å²) < 4.78 is 4.57. The van der Waals surface area contributed by atoms with E-state index in [4.69, 9.17) is 5.73 Å². The molecule has 1 rings (SSSR count). The highest BCUT2D eigenvalue weighted by atomic mass is 32.2. The van der Waals surface area contributed by atoms with Gasteiger partial charge < -0.3 is 10.5 Å². The molecule has 0 unspecified atom stereocenters. The SMILES string of the molecule is CCCSc1ccc(N)c([NH+]=C(NC(=O)OC)SC)c1. The highest BCUT2D eigenvalue weighted by Crippen LogP contribution is 2.24. The van der Waals surface area contributed by atoms with Gasteiger partial charge in [-0.25, -0.2) is 4.99 Å². The Hall–Kier alpha value is -1.34. The van der Waals surface area contributed by atoms with Crippen molar-refractivity contribution in [1.29, 1.82) is 0 Å². The van der Waals surface area contributed by atoms with Crippen molar-refractivity contribution in [1.82, 2.24) is 5.32 Å². The number of carbonyl (C=O) groups excluding carboxylic acids is 1. The highest BCUT2D eigenvalue weighted by molar-refractivity contribution is 8.13. The van der Waals surface area contributed by atoms with Crippen LogP contribution in [0.2, 0.25) is 0 Å². The number of rotatable bonds is 4. The lowest BCUT2D eigenvalue weighted by molar-refractivity contribution is -0.351. The average Bonchev–Trinajstić information content (AvgIpc) is 2.46. The number of nitrogens with two attached hydrogens (primary N) is 1. The quantitative estimate of drug-likeness (QED) is 0.340. The predicted octanol–water partition coefficient (Wildman–Crippen LogP) is 1.56. The van der Waals surface area contributed by atoms with E-state index < -0.39 is 6.09 Å². The van der Waals surface area contributed by atoms with Crippen molar-refractivity contribution in [3.8, 4) is 0 Å². The highest BCUT2D eigenvalue weighted by Gasteiger charge is 2.13. The van der Waals surface area contributed by atoms with Gasteiger partial charge in [0.05, 0.1) is 12.8 Å². The summed E-state index contributed by atoms with van der Waals surface area (Å²) in [6.07, 6.45) is 2.45. The first-order chi connectivity index (χ1) is 9.60. The molecule has 1 amide bonds. The Bertz CT molecular complexity index is 493. The summed E-state index contributed by atoms with van der Waals surface area (Å²) in [6, 6.07) is 5.83. The van der Waals surface area contributed by atoms with Crippen molar-refractivity contribution < 1.29 is 14.5 Å². The maximum atomic E-state index is 11.2. The molecule has 1 aromatic carbocycles. The molecule has 0 aliphatic heterocycles. The molecule has 1 aromatic rings. The van der Waals surface area contributed by atoms with Crippen LogP contribution in [-0.2, 0) is 4.74 Å². The number of hydrogen-bond donors (Lipinski definition) is 3. The van der Waals surface area contributed by atoms with Crippen LogP contribution in [0.25, 0.3) is 0 Å². The van der Waals surface area contributed by atoms with Gasteiger partial charge in [-0.2, -0.15) is 10.1 Å². The van der Waals surface area contributed by atoms with Gasteiger partial charge in [0.15, 0.2) is 0 Å². The van der Waals surface area contributed by atoms with Crippen molar-refractivity contribution in [2.45, 2.75) is 18.2 Å². The number of nitrogens with one attached hydrogen (secondary N) is 2. The van der Waals surface area contributed by atoms with E-state index in [2.05, 4.69) is 22.0 Å². The maximum Gasteiger partial charge on any atom is 0.505 e. The number of hydrogen-bond acceptors (Lipinski definition) is 5. The summed E-state index contributed by atoms with van der Waals surface area (Å²) in [5, 5.41) is 3.17. The zero-order chi connectivity index (χ0) is 15.0. The minimum atomic E-state index is -0.517. The molecule has 0 aliphatic rings. The standard InChI is InChI=1S/C13H19N3O2S2/c1-4-7-20-9-5-6-10(14)11(8-9)15-12(19-3)16-13(17)18-2/h5-6,8H,4,7,14H2,1-3H3,(H,15,16,17)/p+1. The molecule has 0 saturated heterocycles. The molecule has 110 valence electrons. The Morgan fingerprint density at radius 1 is 1.50 bits per heavy atom. The van der Waals surface area contributed by atoms with E-state index in [0.29, 0.717) is 10.9 Å². The van der Waals surface area contributed by atoms with Gasteiger partial charge in [0.25, 0.3) is 0 Å². The van der Waals surface area contributed by atoms with E-state index >= 15 is 0 Å². The molecule has 5 nitrogen and oxygen atoms in total. The van der Waals surface area contributed by atoms with Crippen molar-refractivity contribution >= 4 is 46.2 Å². The third-order valence-electron chi connectivity index (χ3n) is 2.35. The lowest BCUT2D eigenvalue weighted by Gasteiger charge is -2.04. The summed E-state index contributed by atoms with van der Waals surface area (Å²) in [6.45, 7) is 2.14. The summed E-state index contributed by atoms with van der Waals surface area (Å²) in [4.78, 5) is 15.5. The van der Waals surface area contributed by atoms with Gasteiger partial charge in [-0.3, -0.25) is 0 Å². The topological polar surface area (TPSA) is 78.3 Å². The lowest BCUT2D eigenvalue weighted by atomic mass is 10.3. The molecule has 0 bridgehead atoms. The van der Waals surface area contributed by atoms with E-state index in [0.717, 1.165) is 22.8 Å². The van der Waals surface area contributed by atoms with Crippen LogP contribution in [0.15, 0.2) is 23.1 Å². The molecular formula is C13H20N3O2S2+. The molecule has 0 saturated carbocycles. The second-order valence-corrected chi connectivity index (χ2v) is 5.86.